The van der Waals surface area contributed by atoms with E-state index in [9.17, 15) is 0 Å². The standard InChI is InChI=1S/C16H22ClN3/c17-12-7-8-15(13(10-12)16(18)19)20-9-3-6-14(20)11-4-1-2-5-11/h7-8,10-11,14H,1-6,9H2,(H3,18,19). The lowest BCUT2D eigenvalue weighted by Crippen LogP contribution is -2.36. The summed E-state index contributed by atoms with van der Waals surface area (Å²) in [7, 11) is 0. The summed E-state index contributed by atoms with van der Waals surface area (Å²) in [5.74, 6) is 0.924. The highest BCUT2D eigenvalue weighted by molar-refractivity contribution is 6.31. The Morgan fingerprint density at radius 1 is 1.20 bits per heavy atom. The van der Waals surface area contributed by atoms with Crippen molar-refractivity contribution in [3.63, 3.8) is 0 Å². The van der Waals surface area contributed by atoms with Crippen LogP contribution in [0, 0.1) is 11.3 Å². The number of nitrogen functional groups attached to an aromatic ring is 1. The predicted molar refractivity (Wildman–Crippen MR) is 84.8 cm³/mol. The fourth-order valence-electron chi connectivity index (χ4n) is 3.90. The van der Waals surface area contributed by atoms with Gasteiger partial charge in [-0.05, 0) is 49.8 Å². The quantitative estimate of drug-likeness (QED) is 0.658. The van der Waals surface area contributed by atoms with Crippen molar-refractivity contribution < 1.29 is 0 Å². The van der Waals surface area contributed by atoms with Crippen molar-refractivity contribution >= 4 is 23.1 Å². The summed E-state index contributed by atoms with van der Waals surface area (Å²) in [6.07, 6.45) is 7.95. The highest BCUT2D eigenvalue weighted by atomic mass is 35.5. The molecule has 0 amide bonds. The molecule has 3 nitrogen and oxygen atoms in total. The summed E-state index contributed by atoms with van der Waals surface area (Å²) >= 11 is 6.06. The third-order valence-electron chi connectivity index (χ3n) is 4.80. The molecule has 3 N–H and O–H groups in total. The number of nitrogens with two attached hydrogens (primary N) is 1. The average molecular weight is 292 g/mol. The molecule has 1 heterocycles. The molecule has 1 aliphatic heterocycles. The van der Waals surface area contributed by atoms with Gasteiger partial charge in [-0.15, -0.1) is 0 Å². The Labute approximate surface area is 125 Å². The first-order valence-electron chi connectivity index (χ1n) is 7.57. The summed E-state index contributed by atoms with van der Waals surface area (Å²) in [5.41, 5.74) is 7.62. The lowest BCUT2D eigenvalue weighted by Gasteiger charge is -2.32. The van der Waals surface area contributed by atoms with Crippen LogP contribution in [0.5, 0.6) is 0 Å². The van der Waals surface area contributed by atoms with E-state index in [1.807, 2.05) is 18.2 Å². The van der Waals surface area contributed by atoms with E-state index >= 15 is 0 Å². The number of amidine groups is 1. The molecule has 1 aromatic carbocycles. The van der Waals surface area contributed by atoms with E-state index in [1.54, 1.807) is 0 Å². The lowest BCUT2D eigenvalue weighted by molar-refractivity contribution is 0.431. The SMILES string of the molecule is N=C(N)c1cc(Cl)ccc1N1CCCC1C1CCCC1. The molecule has 2 fully saturated rings. The summed E-state index contributed by atoms with van der Waals surface area (Å²) < 4.78 is 0. The molecule has 2 aliphatic rings. The van der Waals surface area contributed by atoms with E-state index in [-0.39, 0.29) is 5.84 Å². The summed E-state index contributed by atoms with van der Waals surface area (Å²) in [6, 6.07) is 6.39. The third-order valence-corrected chi connectivity index (χ3v) is 5.04. The lowest BCUT2D eigenvalue weighted by atomic mass is 9.95. The topological polar surface area (TPSA) is 53.1 Å². The van der Waals surface area contributed by atoms with E-state index in [1.165, 1.54) is 38.5 Å². The molecule has 1 saturated carbocycles. The van der Waals surface area contributed by atoms with Gasteiger partial charge in [0, 0.05) is 28.9 Å². The number of hydrogen-bond donors (Lipinski definition) is 2. The van der Waals surface area contributed by atoms with Crippen molar-refractivity contribution in [3.05, 3.63) is 28.8 Å². The Hall–Kier alpha value is -1.22. The van der Waals surface area contributed by atoms with Gasteiger partial charge >= 0.3 is 0 Å². The normalized spacial score (nSPS) is 23.4. The number of nitrogens with zero attached hydrogens (tertiary/aromatic N) is 1. The van der Waals surface area contributed by atoms with Crippen LogP contribution in [0.2, 0.25) is 5.02 Å². The molecule has 20 heavy (non-hydrogen) atoms. The number of rotatable bonds is 3. The molecular weight excluding hydrogens is 270 g/mol. The summed E-state index contributed by atoms with van der Waals surface area (Å²) in [5, 5.41) is 8.45. The minimum Gasteiger partial charge on any atom is -0.384 e. The Kier molecular flexibility index (Phi) is 3.88. The molecule has 0 radical (unpaired) electrons. The molecule has 1 aromatic rings. The number of hydrogen-bond acceptors (Lipinski definition) is 2. The maximum absolute atomic E-state index is 7.80. The van der Waals surface area contributed by atoms with Crippen molar-refractivity contribution in [2.24, 2.45) is 11.7 Å². The van der Waals surface area contributed by atoms with E-state index in [2.05, 4.69) is 4.90 Å². The highest BCUT2D eigenvalue weighted by Gasteiger charge is 2.34. The van der Waals surface area contributed by atoms with Gasteiger partial charge in [-0.3, -0.25) is 5.41 Å². The Morgan fingerprint density at radius 2 is 1.95 bits per heavy atom. The number of benzene rings is 1. The zero-order chi connectivity index (χ0) is 14.1. The van der Waals surface area contributed by atoms with Gasteiger partial charge in [0.1, 0.15) is 5.84 Å². The predicted octanol–water partition coefficient (Wildman–Crippen LogP) is 3.78. The molecule has 1 unspecified atom stereocenters. The first kappa shape index (κ1) is 13.7. The van der Waals surface area contributed by atoms with E-state index in [0.717, 1.165) is 23.7 Å². The molecule has 1 saturated heterocycles. The monoisotopic (exact) mass is 291 g/mol. The second-order valence-electron chi connectivity index (χ2n) is 6.02. The van der Waals surface area contributed by atoms with Gasteiger partial charge < -0.3 is 10.6 Å². The van der Waals surface area contributed by atoms with E-state index in [4.69, 9.17) is 22.7 Å². The molecule has 0 aromatic heterocycles. The van der Waals surface area contributed by atoms with Crippen molar-refractivity contribution in [1.82, 2.24) is 0 Å². The Morgan fingerprint density at radius 3 is 2.65 bits per heavy atom. The Bertz CT molecular complexity index is 508. The van der Waals surface area contributed by atoms with Gasteiger partial charge in [-0.25, -0.2) is 0 Å². The molecule has 108 valence electrons. The van der Waals surface area contributed by atoms with Crippen LogP contribution in [0.25, 0.3) is 0 Å². The maximum Gasteiger partial charge on any atom is 0.124 e. The molecular formula is C16H22ClN3. The van der Waals surface area contributed by atoms with Crippen LogP contribution < -0.4 is 10.6 Å². The van der Waals surface area contributed by atoms with Crippen LogP contribution in [0.4, 0.5) is 5.69 Å². The van der Waals surface area contributed by atoms with Crippen molar-refractivity contribution in [2.75, 3.05) is 11.4 Å². The van der Waals surface area contributed by atoms with E-state index < -0.39 is 0 Å². The Balaban J connectivity index is 1.92. The van der Waals surface area contributed by atoms with Crippen LogP contribution in [-0.4, -0.2) is 18.4 Å². The number of nitrogens with one attached hydrogen (secondary N) is 1. The highest BCUT2D eigenvalue weighted by Crippen LogP contribution is 2.39. The second-order valence-corrected chi connectivity index (χ2v) is 6.46. The minimum absolute atomic E-state index is 0.111. The fraction of sp³-hybridized carbons (Fsp3) is 0.562. The molecule has 0 spiro atoms. The van der Waals surface area contributed by atoms with Gasteiger partial charge in [0.25, 0.3) is 0 Å². The molecule has 4 heteroatoms. The van der Waals surface area contributed by atoms with Crippen LogP contribution in [0.1, 0.15) is 44.1 Å². The largest absolute Gasteiger partial charge is 0.384 e. The zero-order valence-electron chi connectivity index (χ0n) is 11.7. The van der Waals surface area contributed by atoms with Crippen molar-refractivity contribution in [1.29, 1.82) is 5.41 Å². The average Bonchev–Trinajstić information content (AvgIpc) is 3.09. The van der Waals surface area contributed by atoms with Gasteiger partial charge in [0.05, 0.1) is 0 Å². The first-order chi connectivity index (χ1) is 9.66. The van der Waals surface area contributed by atoms with Crippen LogP contribution >= 0.6 is 11.6 Å². The van der Waals surface area contributed by atoms with Gasteiger partial charge in [-0.2, -0.15) is 0 Å². The smallest absolute Gasteiger partial charge is 0.124 e. The molecule has 3 rings (SSSR count). The summed E-state index contributed by atoms with van der Waals surface area (Å²) in [6.45, 7) is 1.07. The third kappa shape index (κ3) is 2.51. The molecule has 0 bridgehead atoms. The van der Waals surface area contributed by atoms with Gasteiger partial charge in [0.15, 0.2) is 0 Å². The summed E-state index contributed by atoms with van der Waals surface area (Å²) in [4.78, 5) is 2.48. The number of halogens is 1. The van der Waals surface area contributed by atoms with E-state index in [0.29, 0.717) is 11.1 Å². The van der Waals surface area contributed by atoms with Gasteiger partial charge in [0.2, 0.25) is 0 Å². The molecule has 1 atom stereocenters. The maximum atomic E-state index is 7.80. The van der Waals surface area contributed by atoms with Crippen molar-refractivity contribution in [3.8, 4) is 0 Å². The minimum atomic E-state index is 0.111. The first-order valence-corrected chi connectivity index (χ1v) is 7.95. The second kappa shape index (κ2) is 5.65. The molecule has 1 aliphatic carbocycles. The van der Waals surface area contributed by atoms with Crippen molar-refractivity contribution in [2.45, 2.75) is 44.6 Å². The number of anilines is 1. The van der Waals surface area contributed by atoms with Crippen LogP contribution in [0.15, 0.2) is 18.2 Å². The van der Waals surface area contributed by atoms with Crippen LogP contribution in [-0.2, 0) is 0 Å². The zero-order valence-corrected chi connectivity index (χ0v) is 12.5. The van der Waals surface area contributed by atoms with Gasteiger partial charge in [-0.1, -0.05) is 24.4 Å². The van der Waals surface area contributed by atoms with Crippen LogP contribution in [0.3, 0.4) is 0 Å². The fourth-order valence-corrected chi connectivity index (χ4v) is 4.07.